The molecule has 0 aliphatic heterocycles. The number of nitrogens with one attached hydrogen (secondary N) is 1. The molecule has 1 aliphatic rings. The Morgan fingerprint density at radius 3 is 2.45 bits per heavy atom. The molecule has 1 aliphatic carbocycles. The van der Waals surface area contributed by atoms with Crippen LogP contribution in [0.3, 0.4) is 0 Å². The zero-order valence-corrected chi connectivity index (χ0v) is 14.4. The van der Waals surface area contributed by atoms with Crippen molar-refractivity contribution in [3.05, 3.63) is 0 Å². The van der Waals surface area contributed by atoms with Crippen LogP contribution in [-0.2, 0) is 9.53 Å². The van der Waals surface area contributed by atoms with Crippen molar-refractivity contribution in [1.29, 1.82) is 0 Å². The summed E-state index contributed by atoms with van der Waals surface area (Å²) in [6.07, 6.45) is 5.65. The predicted molar refractivity (Wildman–Crippen MR) is 88.4 cm³/mol. The second-order valence-corrected chi connectivity index (χ2v) is 7.09. The fraction of sp³-hybridized carbons (Fsp3) is 0.941. The first-order valence-electron chi connectivity index (χ1n) is 8.71. The Morgan fingerprint density at radius 1 is 1.27 bits per heavy atom. The largest absolute Gasteiger partial charge is 0.458 e. The summed E-state index contributed by atoms with van der Waals surface area (Å²) in [5.74, 6) is 0.728. The third kappa shape index (κ3) is 7.56. The number of carbonyl (C=O) groups excluding carboxylic acids is 1. The molecule has 3 atom stereocenters. The number of rotatable bonds is 9. The smallest absolute Gasteiger partial charge is 0.303 e. The molecule has 130 valence electrons. The summed E-state index contributed by atoms with van der Waals surface area (Å²) in [5.41, 5.74) is 6.19. The van der Waals surface area contributed by atoms with Gasteiger partial charge in [0.2, 0.25) is 0 Å². The van der Waals surface area contributed by atoms with Crippen LogP contribution in [0, 0.1) is 11.8 Å². The van der Waals surface area contributed by atoms with Crippen LogP contribution in [0.5, 0.6) is 0 Å². The number of aliphatic hydroxyl groups excluding tert-OH is 1. The Morgan fingerprint density at radius 2 is 1.91 bits per heavy atom. The summed E-state index contributed by atoms with van der Waals surface area (Å²) in [7, 11) is 0. The molecule has 0 aromatic carbocycles. The highest BCUT2D eigenvalue weighted by atomic mass is 16.6. The van der Waals surface area contributed by atoms with Gasteiger partial charge in [0.1, 0.15) is 12.2 Å². The van der Waals surface area contributed by atoms with E-state index in [1.165, 1.54) is 39.0 Å². The number of aliphatic hydroxyl groups is 1. The minimum Gasteiger partial charge on any atom is -0.458 e. The molecule has 1 saturated carbocycles. The highest BCUT2D eigenvalue weighted by molar-refractivity contribution is 5.66. The second kappa shape index (κ2) is 10.2. The van der Waals surface area contributed by atoms with Crippen molar-refractivity contribution in [2.45, 2.75) is 77.5 Å². The van der Waals surface area contributed by atoms with E-state index in [9.17, 15) is 9.90 Å². The van der Waals surface area contributed by atoms with Crippen LogP contribution in [0.25, 0.3) is 0 Å². The predicted octanol–water partition coefficient (Wildman–Crippen LogP) is 1.82. The van der Waals surface area contributed by atoms with E-state index in [0.717, 1.165) is 13.0 Å². The Bertz CT molecular complexity index is 317. The zero-order valence-electron chi connectivity index (χ0n) is 14.4. The molecule has 3 unspecified atom stereocenters. The van der Waals surface area contributed by atoms with Crippen LogP contribution < -0.4 is 11.1 Å². The quantitative estimate of drug-likeness (QED) is 0.565. The lowest BCUT2D eigenvalue weighted by molar-refractivity contribution is -0.153. The second-order valence-electron chi connectivity index (χ2n) is 7.09. The summed E-state index contributed by atoms with van der Waals surface area (Å²) in [6, 6.07) is -0.340. The summed E-state index contributed by atoms with van der Waals surface area (Å²) in [6.45, 7) is 6.85. The molecule has 5 heteroatoms. The van der Waals surface area contributed by atoms with Crippen molar-refractivity contribution < 1.29 is 14.6 Å². The number of esters is 1. The van der Waals surface area contributed by atoms with Gasteiger partial charge in [0.15, 0.2) is 0 Å². The van der Waals surface area contributed by atoms with E-state index >= 15 is 0 Å². The van der Waals surface area contributed by atoms with Crippen LogP contribution in [0.15, 0.2) is 0 Å². The number of hydrogen-bond acceptors (Lipinski definition) is 5. The maximum Gasteiger partial charge on any atom is 0.303 e. The van der Waals surface area contributed by atoms with Crippen molar-refractivity contribution >= 4 is 5.97 Å². The summed E-state index contributed by atoms with van der Waals surface area (Å²) in [4.78, 5) is 11.3. The van der Waals surface area contributed by atoms with Gasteiger partial charge in [-0.3, -0.25) is 4.79 Å². The van der Waals surface area contributed by atoms with E-state index in [-0.39, 0.29) is 12.0 Å². The maximum absolute atomic E-state index is 11.3. The van der Waals surface area contributed by atoms with E-state index in [4.69, 9.17) is 10.5 Å². The zero-order chi connectivity index (χ0) is 16.5. The molecule has 5 nitrogen and oxygen atoms in total. The van der Waals surface area contributed by atoms with Gasteiger partial charge in [-0.05, 0) is 24.8 Å². The first-order valence-corrected chi connectivity index (χ1v) is 8.71. The molecular formula is C17H34N2O3. The first kappa shape index (κ1) is 19.4. The number of carbonyl (C=O) groups is 1. The van der Waals surface area contributed by atoms with Crippen LogP contribution in [-0.4, -0.2) is 42.4 Å². The molecule has 4 N–H and O–H groups in total. The highest BCUT2D eigenvalue weighted by Crippen LogP contribution is 2.28. The first-order chi connectivity index (χ1) is 10.4. The summed E-state index contributed by atoms with van der Waals surface area (Å²) >= 11 is 0. The lowest BCUT2D eigenvalue weighted by Crippen LogP contribution is -2.50. The van der Waals surface area contributed by atoms with Gasteiger partial charge in [-0.15, -0.1) is 0 Å². The van der Waals surface area contributed by atoms with Gasteiger partial charge in [-0.25, -0.2) is 0 Å². The topological polar surface area (TPSA) is 84.6 Å². The molecule has 1 fully saturated rings. The molecule has 22 heavy (non-hydrogen) atoms. The summed E-state index contributed by atoms with van der Waals surface area (Å²) < 4.78 is 5.27. The monoisotopic (exact) mass is 314 g/mol. The molecular weight excluding hydrogens is 280 g/mol. The lowest BCUT2D eigenvalue weighted by atomic mass is 9.83. The van der Waals surface area contributed by atoms with E-state index in [2.05, 4.69) is 19.2 Å². The Balaban J connectivity index is 2.48. The fourth-order valence-electron chi connectivity index (χ4n) is 3.18. The van der Waals surface area contributed by atoms with Gasteiger partial charge >= 0.3 is 5.97 Å². The van der Waals surface area contributed by atoms with Gasteiger partial charge in [-0.2, -0.15) is 0 Å². The molecule has 0 aromatic rings. The third-order valence-electron chi connectivity index (χ3n) is 4.37. The SMILES string of the molecule is CC(=O)OC(CNCC(C)C)C(O)C(N)CC1CCCCC1. The van der Waals surface area contributed by atoms with E-state index in [1.54, 1.807) is 0 Å². The average Bonchev–Trinajstić information content (AvgIpc) is 2.45. The molecule has 0 aromatic heterocycles. The van der Waals surface area contributed by atoms with Crippen molar-refractivity contribution in [3.63, 3.8) is 0 Å². The molecule has 1 rings (SSSR count). The number of nitrogens with two attached hydrogens (primary N) is 1. The van der Waals surface area contributed by atoms with Crippen molar-refractivity contribution in [2.75, 3.05) is 13.1 Å². The summed E-state index contributed by atoms with van der Waals surface area (Å²) in [5, 5.41) is 13.7. The molecule has 0 bridgehead atoms. The van der Waals surface area contributed by atoms with Crippen LogP contribution >= 0.6 is 0 Å². The minimum atomic E-state index is -0.814. The normalized spacial score (nSPS) is 20.6. The highest BCUT2D eigenvalue weighted by Gasteiger charge is 2.29. The van der Waals surface area contributed by atoms with E-state index < -0.39 is 12.2 Å². The Kier molecular flexibility index (Phi) is 8.98. The molecule has 0 saturated heterocycles. The Labute approximate surface area is 135 Å². The standard InChI is InChI=1S/C17H34N2O3/c1-12(2)10-19-11-16(22-13(3)20)17(21)15(18)9-14-7-5-4-6-8-14/h12,14-17,19,21H,4-11,18H2,1-3H3. The van der Waals surface area contributed by atoms with E-state index in [0.29, 0.717) is 18.4 Å². The minimum absolute atomic E-state index is 0.340. The fourth-order valence-corrected chi connectivity index (χ4v) is 3.18. The maximum atomic E-state index is 11.3. The average molecular weight is 314 g/mol. The molecule has 0 spiro atoms. The van der Waals surface area contributed by atoms with Crippen molar-refractivity contribution in [1.82, 2.24) is 5.32 Å². The molecule has 0 amide bonds. The van der Waals surface area contributed by atoms with Gasteiger partial charge in [0.25, 0.3) is 0 Å². The van der Waals surface area contributed by atoms with Crippen LogP contribution in [0.1, 0.15) is 59.3 Å². The van der Waals surface area contributed by atoms with Gasteiger partial charge in [0.05, 0.1) is 0 Å². The molecule has 0 radical (unpaired) electrons. The van der Waals surface area contributed by atoms with Crippen molar-refractivity contribution in [3.8, 4) is 0 Å². The Hall–Kier alpha value is -0.650. The lowest BCUT2D eigenvalue weighted by Gasteiger charge is -2.31. The third-order valence-corrected chi connectivity index (χ3v) is 4.37. The van der Waals surface area contributed by atoms with Crippen LogP contribution in [0.2, 0.25) is 0 Å². The molecule has 0 heterocycles. The number of hydrogen-bond donors (Lipinski definition) is 3. The van der Waals surface area contributed by atoms with Crippen LogP contribution in [0.4, 0.5) is 0 Å². The van der Waals surface area contributed by atoms with Gasteiger partial charge in [0, 0.05) is 19.5 Å². The van der Waals surface area contributed by atoms with E-state index in [1.807, 2.05) is 0 Å². The van der Waals surface area contributed by atoms with Crippen molar-refractivity contribution in [2.24, 2.45) is 17.6 Å². The van der Waals surface area contributed by atoms with Gasteiger partial charge < -0.3 is 20.9 Å². The number of ether oxygens (including phenoxy) is 1. The van der Waals surface area contributed by atoms with Gasteiger partial charge in [-0.1, -0.05) is 46.0 Å².